The minimum Gasteiger partial charge on any atom is -0.336 e. The Morgan fingerprint density at radius 3 is 2.57 bits per heavy atom. The summed E-state index contributed by atoms with van der Waals surface area (Å²) < 4.78 is 3.05. The number of rotatable bonds is 3. The zero-order valence-electron chi connectivity index (χ0n) is 11.4. The minimum absolute atomic E-state index is 0.0111. The molecule has 0 N–H and O–H groups in total. The van der Waals surface area contributed by atoms with Crippen molar-refractivity contribution in [2.24, 2.45) is 0 Å². The van der Waals surface area contributed by atoms with Crippen LogP contribution in [-0.4, -0.2) is 10.4 Å². The molecule has 0 radical (unpaired) electrons. The summed E-state index contributed by atoms with van der Waals surface area (Å²) in [5.41, 5.74) is 2.64. The largest absolute Gasteiger partial charge is 0.336 e. The standard InChI is InChI=1S/C17H13BrClNO/c1-11-17(18)13-7-3-5-9-15(13)20(11)10-16(21)12-6-2-4-8-14(12)19/h2-9H,10H2,1H3. The van der Waals surface area contributed by atoms with Crippen LogP contribution in [0, 0.1) is 6.92 Å². The molecular formula is C17H13BrClNO. The molecule has 2 aromatic carbocycles. The van der Waals surface area contributed by atoms with Gasteiger partial charge in [0.25, 0.3) is 0 Å². The van der Waals surface area contributed by atoms with Gasteiger partial charge in [0.05, 0.1) is 11.6 Å². The van der Waals surface area contributed by atoms with Gasteiger partial charge in [-0.3, -0.25) is 4.79 Å². The molecule has 0 aliphatic carbocycles. The molecule has 0 spiro atoms. The highest BCUT2D eigenvalue weighted by atomic mass is 79.9. The van der Waals surface area contributed by atoms with Gasteiger partial charge in [-0.1, -0.05) is 41.9 Å². The SMILES string of the molecule is Cc1c(Br)c2ccccc2n1CC(=O)c1ccccc1Cl. The number of aromatic nitrogens is 1. The predicted molar refractivity (Wildman–Crippen MR) is 90.2 cm³/mol. The normalized spacial score (nSPS) is 11.0. The van der Waals surface area contributed by atoms with Crippen LogP contribution in [0.4, 0.5) is 0 Å². The maximum absolute atomic E-state index is 12.5. The average Bonchev–Trinajstić information content (AvgIpc) is 2.73. The topological polar surface area (TPSA) is 22.0 Å². The number of hydrogen-bond acceptors (Lipinski definition) is 1. The maximum Gasteiger partial charge on any atom is 0.184 e. The van der Waals surface area contributed by atoms with Crippen LogP contribution in [-0.2, 0) is 6.54 Å². The summed E-state index contributed by atoms with van der Waals surface area (Å²) in [6.07, 6.45) is 0. The fourth-order valence-corrected chi connectivity index (χ4v) is 3.30. The molecule has 0 saturated carbocycles. The van der Waals surface area contributed by atoms with Gasteiger partial charge in [0.1, 0.15) is 0 Å². The van der Waals surface area contributed by atoms with Crippen LogP contribution in [0.1, 0.15) is 16.1 Å². The molecule has 4 heteroatoms. The van der Waals surface area contributed by atoms with Crippen LogP contribution in [0.3, 0.4) is 0 Å². The Morgan fingerprint density at radius 1 is 1.14 bits per heavy atom. The van der Waals surface area contributed by atoms with E-state index < -0.39 is 0 Å². The number of hydrogen-bond donors (Lipinski definition) is 0. The zero-order valence-corrected chi connectivity index (χ0v) is 13.8. The Kier molecular flexibility index (Phi) is 3.87. The Hall–Kier alpha value is -1.58. The Morgan fingerprint density at radius 2 is 1.81 bits per heavy atom. The van der Waals surface area contributed by atoms with E-state index in [9.17, 15) is 4.79 Å². The van der Waals surface area contributed by atoms with E-state index in [1.54, 1.807) is 12.1 Å². The summed E-state index contributed by atoms with van der Waals surface area (Å²) in [7, 11) is 0. The van der Waals surface area contributed by atoms with Gasteiger partial charge in [0.15, 0.2) is 5.78 Å². The molecule has 21 heavy (non-hydrogen) atoms. The van der Waals surface area contributed by atoms with Gasteiger partial charge in [0, 0.05) is 26.6 Å². The fourth-order valence-electron chi connectivity index (χ4n) is 2.51. The minimum atomic E-state index is 0.0111. The number of benzene rings is 2. The van der Waals surface area contributed by atoms with Crippen LogP contribution in [0.15, 0.2) is 53.0 Å². The van der Waals surface area contributed by atoms with E-state index in [-0.39, 0.29) is 12.3 Å². The van der Waals surface area contributed by atoms with Gasteiger partial charge in [-0.15, -0.1) is 0 Å². The molecule has 0 bridgehead atoms. The second-order valence-electron chi connectivity index (χ2n) is 4.91. The predicted octanol–water partition coefficient (Wildman–Crippen LogP) is 5.25. The molecule has 0 saturated heterocycles. The van der Waals surface area contributed by atoms with Gasteiger partial charge in [0.2, 0.25) is 0 Å². The quantitative estimate of drug-likeness (QED) is 0.583. The summed E-state index contributed by atoms with van der Waals surface area (Å²) in [6.45, 7) is 2.28. The first-order chi connectivity index (χ1) is 10.1. The number of halogens is 2. The van der Waals surface area contributed by atoms with E-state index in [1.165, 1.54) is 0 Å². The number of carbonyl (C=O) groups is 1. The highest BCUT2D eigenvalue weighted by molar-refractivity contribution is 9.10. The van der Waals surface area contributed by atoms with Crippen LogP contribution in [0.5, 0.6) is 0 Å². The molecule has 1 aromatic heterocycles. The lowest BCUT2D eigenvalue weighted by Gasteiger charge is -2.08. The summed E-state index contributed by atoms with van der Waals surface area (Å²) in [5, 5.41) is 1.61. The molecule has 0 unspecified atom stereocenters. The smallest absolute Gasteiger partial charge is 0.184 e. The van der Waals surface area contributed by atoms with Crippen LogP contribution >= 0.6 is 27.5 Å². The van der Waals surface area contributed by atoms with Gasteiger partial charge < -0.3 is 4.57 Å². The third-order valence-corrected chi connectivity index (χ3v) is 4.96. The lowest BCUT2D eigenvalue weighted by atomic mass is 10.1. The average molecular weight is 363 g/mol. The van der Waals surface area contributed by atoms with E-state index in [4.69, 9.17) is 11.6 Å². The van der Waals surface area contributed by atoms with Gasteiger partial charge in [-0.25, -0.2) is 0 Å². The van der Waals surface area contributed by atoms with Crippen LogP contribution in [0.25, 0.3) is 10.9 Å². The van der Waals surface area contributed by atoms with E-state index in [1.807, 2.05) is 47.9 Å². The molecule has 2 nitrogen and oxygen atoms in total. The summed E-state index contributed by atoms with van der Waals surface area (Å²) in [4.78, 5) is 12.5. The number of carbonyl (C=O) groups excluding carboxylic acids is 1. The first kappa shape index (κ1) is 14.4. The number of Topliss-reactive ketones (excluding diaryl/α,β-unsaturated/α-hetero) is 1. The van der Waals surface area contributed by atoms with Crippen molar-refractivity contribution in [2.75, 3.05) is 0 Å². The number of ketones is 1. The van der Waals surface area contributed by atoms with E-state index in [0.717, 1.165) is 21.1 Å². The van der Waals surface area contributed by atoms with Crippen molar-refractivity contribution in [1.29, 1.82) is 0 Å². The van der Waals surface area contributed by atoms with Crippen molar-refractivity contribution in [3.05, 3.63) is 69.3 Å². The molecule has 3 aromatic rings. The third kappa shape index (κ3) is 2.52. The highest BCUT2D eigenvalue weighted by Crippen LogP contribution is 2.30. The highest BCUT2D eigenvalue weighted by Gasteiger charge is 2.16. The molecule has 1 heterocycles. The number of para-hydroxylation sites is 1. The van der Waals surface area contributed by atoms with Gasteiger partial charge in [-0.2, -0.15) is 0 Å². The molecule has 3 rings (SSSR count). The molecule has 0 atom stereocenters. The van der Waals surface area contributed by atoms with E-state index in [2.05, 4.69) is 15.9 Å². The van der Waals surface area contributed by atoms with E-state index in [0.29, 0.717) is 10.6 Å². The lowest BCUT2D eigenvalue weighted by molar-refractivity contribution is 0.0973. The maximum atomic E-state index is 12.5. The fraction of sp³-hybridized carbons (Fsp3) is 0.118. The molecular weight excluding hydrogens is 350 g/mol. The summed E-state index contributed by atoms with van der Waals surface area (Å²) in [5.74, 6) is 0.0111. The van der Waals surface area contributed by atoms with Crippen LogP contribution < -0.4 is 0 Å². The number of nitrogens with zero attached hydrogens (tertiary/aromatic N) is 1. The monoisotopic (exact) mass is 361 g/mol. The van der Waals surface area contributed by atoms with Crippen LogP contribution in [0.2, 0.25) is 5.02 Å². The molecule has 0 amide bonds. The summed E-state index contributed by atoms with van der Waals surface area (Å²) in [6, 6.07) is 15.2. The molecule has 106 valence electrons. The Balaban J connectivity index is 2.05. The zero-order chi connectivity index (χ0) is 15.0. The first-order valence-electron chi connectivity index (χ1n) is 6.60. The van der Waals surface area contributed by atoms with Crippen molar-refractivity contribution in [2.45, 2.75) is 13.5 Å². The van der Waals surface area contributed by atoms with Crippen molar-refractivity contribution < 1.29 is 4.79 Å². The van der Waals surface area contributed by atoms with Crippen molar-refractivity contribution in [1.82, 2.24) is 4.57 Å². The second-order valence-corrected chi connectivity index (χ2v) is 6.11. The lowest BCUT2D eigenvalue weighted by Crippen LogP contribution is -2.12. The molecule has 0 aliphatic rings. The molecule has 0 aliphatic heterocycles. The van der Waals surface area contributed by atoms with Crippen molar-refractivity contribution >= 4 is 44.2 Å². The van der Waals surface area contributed by atoms with Crippen molar-refractivity contribution in [3.8, 4) is 0 Å². The number of fused-ring (bicyclic) bond motifs is 1. The van der Waals surface area contributed by atoms with Gasteiger partial charge in [-0.05, 0) is 41.1 Å². The third-order valence-electron chi connectivity index (χ3n) is 3.63. The first-order valence-corrected chi connectivity index (χ1v) is 7.77. The summed E-state index contributed by atoms with van der Waals surface area (Å²) >= 11 is 9.71. The van der Waals surface area contributed by atoms with Crippen molar-refractivity contribution in [3.63, 3.8) is 0 Å². The molecule has 0 fully saturated rings. The van der Waals surface area contributed by atoms with E-state index >= 15 is 0 Å². The Labute approximate surface area is 136 Å². The Bertz CT molecular complexity index is 838. The second kappa shape index (κ2) is 5.66. The van der Waals surface area contributed by atoms with Gasteiger partial charge >= 0.3 is 0 Å².